The van der Waals surface area contributed by atoms with Gasteiger partial charge in [-0.3, -0.25) is 10.1 Å². The number of hydrogen-bond donors (Lipinski definition) is 2. The molecule has 18 heavy (non-hydrogen) atoms. The van der Waals surface area contributed by atoms with E-state index in [-0.39, 0.29) is 11.2 Å². The second kappa shape index (κ2) is 4.72. The number of aromatic amines is 1. The lowest BCUT2D eigenvalue weighted by molar-refractivity contribution is 0.548. The third kappa shape index (κ3) is 2.82. The van der Waals surface area contributed by atoms with Crippen LogP contribution in [0.25, 0.3) is 0 Å². The number of H-pyrrole nitrogens is 1. The van der Waals surface area contributed by atoms with Crippen LogP contribution in [0.1, 0.15) is 32.4 Å². The summed E-state index contributed by atoms with van der Waals surface area (Å²) in [5, 5.41) is 9.93. The van der Waals surface area contributed by atoms with Crippen LogP contribution in [0.3, 0.4) is 0 Å². The first kappa shape index (κ1) is 12.5. The highest BCUT2D eigenvalue weighted by atomic mass is 19.1. The van der Waals surface area contributed by atoms with Gasteiger partial charge < -0.3 is 5.32 Å². The molecule has 6 heteroatoms. The molecule has 96 valence electrons. The van der Waals surface area contributed by atoms with Gasteiger partial charge in [0.05, 0.1) is 18.4 Å². The van der Waals surface area contributed by atoms with Crippen LogP contribution < -0.4 is 5.32 Å². The summed E-state index contributed by atoms with van der Waals surface area (Å²) < 4.78 is 13.3. The zero-order valence-corrected chi connectivity index (χ0v) is 10.7. The maximum atomic E-state index is 13.3. The number of anilines is 1. The van der Waals surface area contributed by atoms with Crippen molar-refractivity contribution in [2.24, 2.45) is 0 Å². The fourth-order valence-electron chi connectivity index (χ4n) is 1.41. The topological polar surface area (TPSA) is 66.5 Å². The second-order valence-corrected chi connectivity index (χ2v) is 5.06. The van der Waals surface area contributed by atoms with E-state index in [0.29, 0.717) is 18.1 Å². The molecule has 2 N–H and O–H groups in total. The van der Waals surface area contributed by atoms with Crippen molar-refractivity contribution in [2.75, 3.05) is 5.32 Å². The Labute approximate surface area is 105 Å². The van der Waals surface area contributed by atoms with Crippen molar-refractivity contribution in [3.05, 3.63) is 35.9 Å². The number of nitrogens with one attached hydrogen (secondary N) is 2. The predicted octanol–water partition coefficient (Wildman–Crippen LogP) is 2.25. The number of nitrogens with zero attached hydrogens (tertiary/aromatic N) is 3. The summed E-state index contributed by atoms with van der Waals surface area (Å²) in [7, 11) is 0. The zero-order valence-electron chi connectivity index (χ0n) is 10.7. The Morgan fingerprint density at radius 2 is 2.17 bits per heavy atom. The first-order chi connectivity index (χ1) is 8.47. The van der Waals surface area contributed by atoms with Gasteiger partial charge in [0.1, 0.15) is 5.82 Å². The van der Waals surface area contributed by atoms with Gasteiger partial charge in [-0.1, -0.05) is 20.8 Å². The average molecular weight is 249 g/mol. The number of aromatic nitrogens is 4. The van der Waals surface area contributed by atoms with E-state index < -0.39 is 0 Å². The molecule has 0 unspecified atom stereocenters. The van der Waals surface area contributed by atoms with Crippen LogP contribution in [0.2, 0.25) is 0 Å². The van der Waals surface area contributed by atoms with E-state index in [1.54, 1.807) is 6.07 Å². The summed E-state index contributed by atoms with van der Waals surface area (Å²) in [5.41, 5.74) is 0.301. The molecule has 2 aromatic heterocycles. The van der Waals surface area contributed by atoms with E-state index >= 15 is 0 Å². The van der Waals surface area contributed by atoms with E-state index in [1.807, 2.05) is 20.8 Å². The summed E-state index contributed by atoms with van der Waals surface area (Å²) in [6.45, 7) is 6.51. The molecular formula is C12H16FN5. The molecule has 0 radical (unpaired) electrons. The number of pyridine rings is 1. The molecule has 0 aliphatic rings. The van der Waals surface area contributed by atoms with E-state index in [1.165, 1.54) is 12.4 Å². The van der Waals surface area contributed by atoms with Gasteiger partial charge in [-0.15, -0.1) is 0 Å². The van der Waals surface area contributed by atoms with Crippen molar-refractivity contribution in [1.82, 2.24) is 20.2 Å². The molecule has 0 atom stereocenters. The van der Waals surface area contributed by atoms with Gasteiger partial charge >= 0.3 is 0 Å². The largest absolute Gasteiger partial charge is 0.375 e. The monoisotopic (exact) mass is 249 g/mol. The molecule has 0 aromatic carbocycles. The third-order valence-electron chi connectivity index (χ3n) is 2.42. The zero-order chi connectivity index (χ0) is 13.2. The van der Waals surface area contributed by atoms with Crippen molar-refractivity contribution in [3.8, 4) is 0 Å². The van der Waals surface area contributed by atoms with Gasteiger partial charge in [0.25, 0.3) is 0 Å². The molecule has 2 rings (SSSR count). The highest BCUT2D eigenvalue weighted by Gasteiger charge is 2.19. The Bertz CT molecular complexity index is 529. The highest BCUT2D eigenvalue weighted by molar-refractivity contribution is 5.42. The molecular weight excluding hydrogens is 233 g/mol. The van der Waals surface area contributed by atoms with E-state index in [9.17, 15) is 4.39 Å². The van der Waals surface area contributed by atoms with E-state index in [4.69, 9.17) is 0 Å². The van der Waals surface area contributed by atoms with Gasteiger partial charge in [0.15, 0.2) is 11.6 Å². The van der Waals surface area contributed by atoms with Crippen molar-refractivity contribution in [3.63, 3.8) is 0 Å². The summed E-state index contributed by atoms with van der Waals surface area (Å²) in [4.78, 5) is 8.04. The Morgan fingerprint density at radius 3 is 2.78 bits per heavy atom. The van der Waals surface area contributed by atoms with Gasteiger partial charge in [0, 0.05) is 11.6 Å². The van der Waals surface area contributed by atoms with Crippen LogP contribution in [0.15, 0.2) is 18.5 Å². The lowest BCUT2D eigenvalue weighted by atomic mass is 9.96. The summed E-state index contributed by atoms with van der Waals surface area (Å²) in [5.74, 6) is 1.04. The first-order valence-electron chi connectivity index (χ1n) is 5.72. The van der Waals surface area contributed by atoms with Crippen LogP contribution >= 0.6 is 0 Å². The lowest BCUT2D eigenvalue weighted by Crippen LogP contribution is -2.13. The summed E-state index contributed by atoms with van der Waals surface area (Å²) in [6.07, 6.45) is 2.70. The predicted molar refractivity (Wildman–Crippen MR) is 66.6 cm³/mol. The molecule has 0 spiro atoms. The second-order valence-electron chi connectivity index (χ2n) is 5.06. The SMILES string of the molecule is CC(C)(C)c1n[nH]c(CNc2ccncc2F)n1. The minimum atomic E-state index is -0.381. The van der Waals surface area contributed by atoms with E-state index in [0.717, 1.165) is 5.82 Å². The maximum absolute atomic E-state index is 13.3. The number of hydrogen-bond acceptors (Lipinski definition) is 4. The average Bonchev–Trinajstić information content (AvgIpc) is 2.76. The first-order valence-corrected chi connectivity index (χ1v) is 5.72. The molecule has 0 amide bonds. The molecule has 0 saturated carbocycles. The van der Waals surface area contributed by atoms with Crippen molar-refractivity contribution < 1.29 is 4.39 Å². The molecule has 0 fully saturated rings. The van der Waals surface area contributed by atoms with Crippen molar-refractivity contribution in [2.45, 2.75) is 32.7 Å². The molecule has 0 saturated heterocycles. The molecule has 2 aromatic rings. The smallest absolute Gasteiger partial charge is 0.164 e. The molecule has 0 bridgehead atoms. The van der Waals surface area contributed by atoms with Crippen LogP contribution in [-0.2, 0) is 12.0 Å². The third-order valence-corrected chi connectivity index (χ3v) is 2.42. The Balaban J connectivity index is 2.03. The molecule has 2 heterocycles. The normalized spacial score (nSPS) is 11.6. The minimum absolute atomic E-state index is 0.101. The van der Waals surface area contributed by atoms with Crippen LogP contribution in [0, 0.1) is 5.82 Å². The Morgan fingerprint density at radius 1 is 1.39 bits per heavy atom. The van der Waals surface area contributed by atoms with Gasteiger partial charge in [-0.2, -0.15) is 5.10 Å². The quantitative estimate of drug-likeness (QED) is 0.875. The van der Waals surface area contributed by atoms with Crippen LogP contribution in [0.5, 0.6) is 0 Å². The molecule has 0 aliphatic heterocycles. The Kier molecular flexibility index (Phi) is 3.27. The van der Waals surface area contributed by atoms with Gasteiger partial charge in [-0.25, -0.2) is 9.37 Å². The number of halogens is 1. The molecule has 0 aliphatic carbocycles. The van der Waals surface area contributed by atoms with Crippen molar-refractivity contribution >= 4 is 5.69 Å². The van der Waals surface area contributed by atoms with Gasteiger partial charge in [-0.05, 0) is 6.07 Å². The van der Waals surface area contributed by atoms with Crippen LogP contribution in [0.4, 0.5) is 10.1 Å². The maximum Gasteiger partial charge on any atom is 0.164 e. The van der Waals surface area contributed by atoms with Crippen molar-refractivity contribution in [1.29, 1.82) is 0 Å². The Hall–Kier alpha value is -1.98. The molecule has 5 nitrogen and oxygen atoms in total. The fraction of sp³-hybridized carbons (Fsp3) is 0.417. The van der Waals surface area contributed by atoms with Crippen LogP contribution in [-0.4, -0.2) is 20.2 Å². The summed E-state index contributed by atoms with van der Waals surface area (Å²) >= 11 is 0. The van der Waals surface area contributed by atoms with E-state index in [2.05, 4.69) is 25.5 Å². The standard InChI is InChI=1S/C12H16FN5/c1-12(2,3)11-16-10(17-18-11)7-15-9-4-5-14-6-8(9)13/h4-6H,7H2,1-3H3,(H,14,15)(H,16,17,18). The number of rotatable bonds is 3. The van der Waals surface area contributed by atoms with Gasteiger partial charge in [0.2, 0.25) is 0 Å². The minimum Gasteiger partial charge on any atom is -0.375 e. The summed E-state index contributed by atoms with van der Waals surface area (Å²) in [6, 6.07) is 1.58. The fourth-order valence-corrected chi connectivity index (χ4v) is 1.41. The highest BCUT2D eigenvalue weighted by Crippen LogP contribution is 2.18. The lowest BCUT2D eigenvalue weighted by Gasteiger charge is -2.11.